The molecule has 34 heavy (non-hydrogen) atoms. The SMILES string of the molecule is C[C@@H]1CN([C@H](C)CO)C(=O)c2cc(C3CCCC3)cnc2O[C@H]1CN(C)C(=O)C1CCOCC1. The first-order valence-electron chi connectivity index (χ1n) is 12.8. The van der Waals surface area contributed by atoms with Gasteiger partial charge in [-0.05, 0) is 50.2 Å². The maximum atomic E-state index is 13.6. The van der Waals surface area contributed by atoms with Crippen molar-refractivity contribution >= 4 is 11.8 Å². The van der Waals surface area contributed by atoms with E-state index in [0.717, 1.165) is 31.2 Å². The van der Waals surface area contributed by atoms with Gasteiger partial charge in [-0.15, -0.1) is 0 Å². The average Bonchev–Trinajstić information content (AvgIpc) is 3.40. The molecule has 8 nitrogen and oxygen atoms in total. The van der Waals surface area contributed by atoms with Crippen molar-refractivity contribution < 1.29 is 24.2 Å². The van der Waals surface area contributed by atoms with Gasteiger partial charge >= 0.3 is 0 Å². The predicted molar refractivity (Wildman–Crippen MR) is 128 cm³/mol. The summed E-state index contributed by atoms with van der Waals surface area (Å²) in [7, 11) is 1.82. The topological polar surface area (TPSA) is 92.2 Å². The summed E-state index contributed by atoms with van der Waals surface area (Å²) in [5, 5.41) is 9.85. The summed E-state index contributed by atoms with van der Waals surface area (Å²) in [5.74, 6) is 0.647. The van der Waals surface area contributed by atoms with Gasteiger partial charge in [0.15, 0.2) is 0 Å². The number of carbonyl (C=O) groups excluding carboxylic acids is 2. The first kappa shape index (κ1) is 24.9. The molecule has 0 radical (unpaired) electrons. The molecule has 1 aliphatic carbocycles. The number of hydrogen-bond acceptors (Lipinski definition) is 6. The minimum atomic E-state index is -0.321. The summed E-state index contributed by atoms with van der Waals surface area (Å²) in [5.41, 5.74) is 1.54. The Hall–Kier alpha value is -2.19. The fraction of sp³-hybridized carbons (Fsp3) is 0.731. The molecule has 1 aromatic heterocycles. The Bertz CT molecular complexity index is 866. The molecule has 4 rings (SSSR count). The molecule has 0 bridgehead atoms. The Morgan fingerprint density at radius 2 is 1.97 bits per heavy atom. The molecular formula is C26H39N3O5. The maximum Gasteiger partial charge on any atom is 0.259 e. The summed E-state index contributed by atoms with van der Waals surface area (Å²) in [4.78, 5) is 34.7. The van der Waals surface area contributed by atoms with E-state index in [4.69, 9.17) is 9.47 Å². The van der Waals surface area contributed by atoms with Crippen molar-refractivity contribution in [1.29, 1.82) is 0 Å². The van der Waals surface area contributed by atoms with E-state index in [0.29, 0.717) is 43.7 Å². The highest BCUT2D eigenvalue weighted by molar-refractivity contribution is 5.97. The van der Waals surface area contributed by atoms with Crippen LogP contribution in [0, 0.1) is 11.8 Å². The molecular weight excluding hydrogens is 434 g/mol. The van der Waals surface area contributed by atoms with Crippen LogP contribution in [-0.4, -0.2) is 83.8 Å². The smallest absolute Gasteiger partial charge is 0.259 e. The van der Waals surface area contributed by atoms with E-state index in [1.807, 2.05) is 33.2 Å². The van der Waals surface area contributed by atoms with Gasteiger partial charge in [0, 0.05) is 44.8 Å². The highest BCUT2D eigenvalue weighted by Gasteiger charge is 2.36. The second-order valence-corrected chi connectivity index (χ2v) is 10.3. The first-order chi connectivity index (χ1) is 16.4. The van der Waals surface area contributed by atoms with Crippen molar-refractivity contribution in [2.45, 2.75) is 70.4 Å². The lowest BCUT2D eigenvalue weighted by Gasteiger charge is -2.38. The normalized spacial score (nSPS) is 25.3. The summed E-state index contributed by atoms with van der Waals surface area (Å²) in [6.07, 6.45) is 7.65. The van der Waals surface area contributed by atoms with Gasteiger partial charge < -0.3 is 24.4 Å². The minimum absolute atomic E-state index is 0.0190. The monoisotopic (exact) mass is 473 g/mol. The number of aromatic nitrogens is 1. The molecule has 0 unspecified atom stereocenters. The zero-order chi connectivity index (χ0) is 24.2. The van der Waals surface area contributed by atoms with E-state index >= 15 is 0 Å². The molecule has 8 heteroatoms. The number of nitrogens with zero attached hydrogens (tertiary/aromatic N) is 3. The van der Waals surface area contributed by atoms with Crippen LogP contribution in [0.2, 0.25) is 0 Å². The third kappa shape index (κ3) is 5.38. The molecule has 1 N–H and O–H groups in total. The first-order valence-corrected chi connectivity index (χ1v) is 12.8. The Morgan fingerprint density at radius 1 is 1.26 bits per heavy atom. The van der Waals surface area contributed by atoms with Crippen molar-refractivity contribution in [2.24, 2.45) is 11.8 Å². The number of carbonyl (C=O) groups is 2. The number of ether oxygens (including phenoxy) is 2. The Morgan fingerprint density at radius 3 is 2.65 bits per heavy atom. The van der Waals surface area contributed by atoms with Crippen LogP contribution < -0.4 is 4.74 Å². The van der Waals surface area contributed by atoms with Gasteiger partial charge in [-0.1, -0.05) is 19.8 Å². The summed E-state index contributed by atoms with van der Waals surface area (Å²) < 4.78 is 11.8. The predicted octanol–water partition coefficient (Wildman–Crippen LogP) is 2.84. The minimum Gasteiger partial charge on any atom is -0.472 e. The third-order valence-electron chi connectivity index (χ3n) is 7.77. The van der Waals surface area contributed by atoms with Crippen LogP contribution in [0.25, 0.3) is 0 Å². The lowest BCUT2D eigenvalue weighted by atomic mass is 9.95. The molecule has 0 spiro atoms. The molecule has 3 atom stereocenters. The van der Waals surface area contributed by atoms with E-state index < -0.39 is 0 Å². The molecule has 2 aliphatic heterocycles. The largest absolute Gasteiger partial charge is 0.472 e. The van der Waals surface area contributed by atoms with Crippen LogP contribution >= 0.6 is 0 Å². The van der Waals surface area contributed by atoms with E-state index in [2.05, 4.69) is 4.98 Å². The zero-order valence-corrected chi connectivity index (χ0v) is 20.7. The molecule has 1 saturated carbocycles. The molecule has 2 amide bonds. The lowest BCUT2D eigenvalue weighted by molar-refractivity contribution is -0.138. The van der Waals surface area contributed by atoms with Gasteiger partial charge in [-0.25, -0.2) is 4.98 Å². The van der Waals surface area contributed by atoms with Crippen LogP contribution in [0.15, 0.2) is 12.3 Å². The van der Waals surface area contributed by atoms with E-state index in [-0.39, 0.29) is 42.4 Å². The number of likely N-dealkylation sites (N-methyl/N-ethyl adjacent to an activating group) is 1. The molecule has 2 fully saturated rings. The molecule has 1 saturated heterocycles. The van der Waals surface area contributed by atoms with Gasteiger partial charge in [-0.2, -0.15) is 0 Å². The van der Waals surface area contributed by atoms with Gasteiger partial charge in [0.05, 0.1) is 19.2 Å². The highest BCUT2D eigenvalue weighted by atomic mass is 16.5. The molecule has 1 aromatic rings. The number of amides is 2. The maximum absolute atomic E-state index is 13.6. The molecule has 0 aromatic carbocycles. The molecule has 3 aliphatic rings. The number of aliphatic hydroxyl groups excluding tert-OH is 1. The Kier molecular flexibility index (Phi) is 8.09. The quantitative estimate of drug-likeness (QED) is 0.683. The van der Waals surface area contributed by atoms with Crippen molar-refractivity contribution in [3.05, 3.63) is 23.4 Å². The zero-order valence-electron chi connectivity index (χ0n) is 20.7. The summed E-state index contributed by atoms with van der Waals surface area (Å²) >= 11 is 0. The van der Waals surface area contributed by atoms with Crippen molar-refractivity contribution in [2.75, 3.05) is 40.0 Å². The van der Waals surface area contributed by atoms with Crippen molar-refractivity contribution in [3.8, 4) is 5.88 Å². The van der Waals surface area contributed by atoms with Gasteiger partial charge in [-0.3, -0.25) is 9.59 Å². The second kappa shape index (κ2) is 11.0. The van der Waals surface area contributed by atoms with Crippen LogP contribution in [0.1, 0.15) is 74.2 Å². The van der Waals surface area contributed by atoms with Gasteiger partial charge in [0.25, 0.3) is 5.91 Å². The van der Waals surface area contributed by atoms with E-state index in [1.54, 1.807) is 9.80 Å². The van der Waals surface area contributed by atoms with Gasteiger partial charge in [0.2, 0.25) is 11.8 Å². The summed E-state index contributed by atoms with van der Waals surface area (Å²) in [6.45, 7) is 5.87. The fourth-order valence-electron chi connectivity index (χ4n) is 5.43. The number of rotatable bonds is 6. The standard InChI is InChI=1S/C26H39N3O5/c1-17-14-29(18(2)16-30)26(32)22-12-21(19-6-4-5-7-19)13-27-24(22)34-23(17)15-28(3)25(31)20-8-10-33-11-9-20/h12-13,17-20,23,30H,4-11,14-16H2,1-3H3/t17-,18-,23+/m1/s1. The van der Waals surface area contributed by atoms with E-state index in [9.17, 15) is 14.7 Å². The number of hydrogen-bond donors (Lipinski definition) is 1. The number of fused-ring (bicyclic) bond motifs is 1. The fourth-order valence-corrected chi connectivity index (χ4v) is 5.43. The van der Waals surface area contributed by atoms with Crippen LogP contribution in [-0.2, 0) is 9.53 Å². The van der Waals surface area contributed by atoms with Crippen molar-refractivity contribution in [1.82, 2.24) is 14.8 Å². The van der Waals surface area contributed by atoms with Crippen LogP contribution in [0.4, 0.5) is 0 Å². The van der Waals surface area contributed by atoms with Gasteiger partial charge in [0.1, 0.15) is 11.7 Å². The van der Waals surface area contributed by atoms with Crippen molar-refractivity contribution in [3.63, 3.8) is 0 Å². The Labute approximate surface area is 202 Å². The van der Waals surface area contributed by atoms with Crippen LogP contribution in [0.3, 0.4) is 0 Å². The molecule has 3 heterocycles. The van der Waals surface area contributed by atoms with Crippen LogP contribution in [0.5, 0.6) is 5.88 Å². The third-order valence-corrected chi connectivity index (χ3v) is 7.77. The van der Waals surface area contributed by atoms with E-state index in [1.165, 1.54) is 12.8 Å². The molecule has 188 valence electrons. The number of pyridine rings is 1. The average molecular weight is 474 g/mol. The Balaban J connectivity index is 1.60. The highest BCUT2D eigenvalue weighted by Crippen LogP contribution is 2.36. The lowest BCUT2D eigenvalue weighted by Crippen LogP contribution is -2.51. The number of aliphatic hydroxyl groups is 1. The second-order valence-electron chi connectivity index (χ2n) is 10.3. The summed E-state index contributed by atoms with van der Waals surface area (Å²) in [6, 6.07) is 1.63.